The van der Waals surface area contributed by atoms with Gasteiger partial charge in [-0.2, -0.15) is 0 Å². The van der Waals surface area contributed by atoms with Crippen LogP contribution in [0.2, 0.25) is 0 Å². The maximum atomic E-state index is 11.4. The molecular weight excluding hydrogens is 224 g/mol. The van der Waals surface area contributed by atoms with Gasteiger partial charge in [-0.1, -0.05) is 0 Å². The van der Waals surface area contributed by atoms with E-state index in [1.165, 1.54) is 6.92 Å². The molecule has 0 bridgehead atoms. The van der Waals surface area contributed by atoms with Crippen LogP contribution in [0.1, 0.15) is 47.5 Å². The van der Waals surface area contributed by atoms with Crippen LogP contribution in [-0.4, -0.2) is 34.9 Å². The van der Waals surface area contributed by atoms with Gasteiger partial charge in [-0.15, -0.1) is 0 Å². The van der Waals surface area contributed by atoms with Gasteiger partial charge in [0.2, 0.25) is 0 Å². The normalized spacial score (nSPS) is 14.9. The molecule has 5 nitrogen and oxygen atoms in total. The first-order valence-electron chi connectivity index (χ1n) is 5.69. The number of esters is 2. The minimum absolute atomic E-state index is 0.0167. The van der Waals surface area contributed by atoms with E-state index in [-0.39, 0.29) is 12.8 Å². The average molecular weight is 246 g/mol. The molecule has 0 radical (unpaired) electrons. The summed E-state index contributed by atoms with van der Waals surface area (Å²) in [4.78, 5) is 22.6. The Kier molecular flexibility index (Phi) is 6.16. The maximum Gasteiger partial charge on any atom is 0.310 e. The molecule has 2 atom stereocenters. The first-order chi connectivity index (χ1) is 7.60. The van der Waals surface area contributed by atoms with Crippen molar-refractivity contribution in [3.05, 3.63) is 0 Å². The summed E-state index contributed by atoms with van der Waals surface area (Å²) in [6.07, 6.45) is -1.34. The molecule has 0 aromatic carbocycles. The summed E-state index contributed by atoms with van der Waals surface area (Å²) < 4.78 is 10.0. The van der Waals surface area contributed by atoms with E-state index >= 15 is 0 Å². The molecule has 0 saturated carbocycles. The third-order valence-corrected chi connectivity index (χ3v) is 1.67. The lowest BCUT2D eigenvalue weighted by Crippen LogP contribution is -2.27. The first-order valence-corrected chi connectivity index (χ1v) is 5.69. The standard InChI is InChI=1S/C12H22O5/c1-8(13)6-10(14)16-9(2)7-11(15)17-12(3,4)5/h8-9,13H,6-7H2,1-5H3/t8-,9+/m0/s1. The quantitative estimate of drug-likeness (QED) is 0.743. The fraction of sp³-hybridized carbons (Fsp3) is 0.833. The van der Waals surface area contributed by atoms with E-state index in [0.717, 1.165) is 0 Å². The summed E-state index contributed by atoms with van der Waals surface area (Å²) in [5.74, 6) is -0.925. The van der Waals surface area contributed by atoms with E-state index in [9.17, 15) is 9.59 Å². The van der Waals surface area contributed by atoms with Gasteiger partial charge in [0, 0.05) is 0 Å². The molecule has 0 aliphatic carbocycles. The Balaban J connectivity index is 3.97. The molecule has 0 aliphatic heterocycles. The van der Waals surface area contributed by atoms with Gasteiger partial charge in [-0.25, -0.2) is 0 Å². The number of aliphatic hydroxyl groups is 1. The second-order valence-electron chi connectivity index (χ2n) is 5.14. The van der Waals surface area contributed by atoms with Gasteiger partial charge < -0.3 is 14.6 Å². The molecule has 17 heavy (non-hydrogen) atoms. The maximum absolute atomic E-state index is 11.4. The van der Waals surface area contributed by atoms with E-state index in [1.807, 2.05) is 0 Å². The lowest BCUT2D eigenvalue weighted by atomic mass is 10.2. The van der Waals surface area contributed by atoms with Crippen LogP contribution < -0.4 is 0 Å². The Morgan fingerprint density at radius 3 is 2.06 bits per heavy atom. The average Bonchev–Trinajstić information content (AvgIpc) is 1.95. The first kappa shape index (κ1) is 15.9. The van der Waals surface area contributed by atoms with Crippen LogP contribution in [0, 0.1) is 0 Å². The number of hydrogen-bond acceptors (Lipinski definition) is 5. The van der Waals surface area contributed by atoms with Crippen molar-refractivity contribution < 1.29 is 24.2 Å². The third kappa shape index (κ3) is 9.81. The van der Waals surface area contributed by atoms with E-state index in [2.05, 4.69) is 0 Å². The van der Waals surface area contributed by atoms with Crippen LogP contribution in [0.5, 0.6) is 0 Å². The van der Waals surface area contributed by atoms with E-state index in [4.69, 9.17) is 14.6 Å². The van der Waals surface area contributed by atoms with Crippen molar-refractivity contribution in [1.29, 1.82) is 0 Å². The Bertz CT molecular complexity index is 265. The van der Waals surface area contributed by atoms with Crippen LogP contribution in [0.4, 0.5) is 0 Å². The largest absolute Gasteiger partial charge is 0.462 e. The Labute approximate surface area is 102 Å². The predicted octanol–water partition coefficient (Wildman–Crippen LogP) is 1.42. The molecular formula is C12H22O5. The second kappa shape index (κ2) is 6.59. The molecule has 5 heteroatoms. The zero-order valence-corrected chi connectivity index (χ0v) is 11.1. The van der Waals surface area contributed by atoms with Gasteiger partial charge >= 0.3 is 11.9 Å². The fourth-order valence-corrected chi connectivity index (χ4v) is 1.17. The van der Waals surface area contributed by atoms with Crippen LogP contribution in [0.25, 0.3) is 0 Å². The van der Waals surface area contributed by atoms with Gasteiger partial charge in [0.05, 0.1) is 18.9 Å². The summed E-state index contributed by atoms with van der Waals surface area (Å²) >= 11 is 0. The van der Waals surface area contributed by atoms with Crippen LogP contribution in [-0.2, 0) is 19.1 Å². The molecule has 0 unspecified atom stereocenters. The summed E-state index contributed by atoms with van der Waals surface area (Å²) in [6.45, 7) is 8.43. The summed E-state index contributed by atoms with van der Waals surface area (Å²) in [7, 11) is 0. The topological polar surface area (TPSA) is 72.8 Å². The highest BCUT2D eigenvalue weighted by Crippen LogP contribution is 2.10. The monoisotopic (exact) mass is 246 g/mol. The van der Waals surface area contributed by atoms with Crippen molar-refractivity contribution in [2.45, 2.75) is 65.3 Å². The minimum atomic E-state index is -0.740. The number of hydrogen-bond donors (Lipinski definition) is 1. The van der Waals surface area contributed by atoms with Crippen molar-refractivity contribution >= 4 is 11.9 Å². The zero-order chi connectivity index (χ0) is 13.6. The summed E-state index contributed by atoms with van der Waals surface area (Å²) in [6, 6.07) is 0. The molecule has 0 rings (SSSR count). The molecule has 0 aromatic rings. The molecule has 100 valence electrons. The highest BCUT2D eigenvalue weighted by Gasteiger charge is 2.20. The predicted molar refractivity (Wildman–Crippen MR) is 62.3 cm³/mol. The van der Waals surface area contributed by atoms with Gasteiger partial charge in [-0.3, -0.25) is 9.59 Å². The lowest BCUT2D eigenvalue weighted by Gasteiger charge is -2.21. The molecule has 0 saturated heterocycles. The van der Waals surface area contributed by atoms with E-state index in [0.29, 0.717) is 0 Å². The van der Waals surface area contributed by atoms with Gasteiger partial charge in [0.15, 0.2) is 0 Å². The number of carbonyl (C=O) groups excluding carboxylic acids is 2. The van der Waals surface area contributed by atoms with Crippen LogP contribution >= 0.6 is 0 Å². The fourth-order valence-electron chi connectivity index (χ4n) is 1.17. The molecule has 1 N–H and O–H groups in total. The minimum Gasteiger partial charge on any atom is -0.462 e. The van der Waals surface area contributed by atoms with Crippen molar-refractivity contribution in [3.63, 3.8) is 0 Å². The van der Waals surface area contributed by atoms with Crippen molar-refractivity contribution in [2.75, 3.05) is 0 Å². The molecule has 0 heterocycles. The highest BCUT2D eigenvalue weighted by molar-refractivity contribution is 5.73. The van der Waals surface area contributed by atoms with Gasteiger partial charge in [-0.05, 0) is 34.6 Å². The molecule has 0 aromatic heterocycles. The molecule has 0 amide bonds. The molecule has 0 aliphatic rings. The zero-order valence-electron chi connectivity index (χ0n) is 11.1. The second-order valence-corrected chi connectivity index (χ2v) is 5.14. The number of carbonyl (C=O) groups is 2. The number of ether oxygens (including phenoxy) is 2. The Hall–Kier alpha value is -1.10. The lowest BCUT2D eigenvalue weighted by molar-refractivity contribution is -0.161. The van der Waals surface area contributed by atoms with E-state index in [1.54, 1.807) is 27.7 Å². The molecule has 0 fully saturated rings. The summed E-state index contributed by atoms with van der Waals surface area (Å²) in [5, 5.41) is 8.98. The van der Waals surface area contributed by atoms with Crippen molar-refractivity contribution in [3.8, 4) is 0 Å². The van der Waals surface area contributed by atoms with Crippen LogP contribution in [0.15, 0.2) is 0 Å². The smallest absolute Gasteiger partial charge is 0.310 e. The van der Waals surface area contributed by atoms with Crippen molar-refractivity contribution in [1.82, 2.24) is 0 Å². The van der Waals surface area contributed by atoms with Gasteiger partial charge in [0.1, 0.15) is 11.7 Å². The third-order valence-electron chi connectivity index (χ3n) is 1.67. The Morgan fingerprint density at radius 1 is 1.12 bits per heavy atom. The van der Waals surface area contributed by atoms with E-state index < -0.39 is 29.7 Å². The van der Waals surface area contributed by atoms with Crippen molar-refractivity contribution in [2.24, 2.45) is 0 Å². The summed E-state index contributed by atoms with van der Waals surface area (Å²) in [5.41, 5.74) is -0.541. The highest BCUT2D eigenvalue weighted by atomic mass is 16.6. The Morgan fingerprint density at radius 2 is 1.65 bits per heavy atom. The SMILES string of the molecule is C[C@H](O)CC(=O)O[C@H](C)CC(=O)OC(C)(C)C. The van der Waals surface area contributed by atoms with Crippen LogP contribution in [0.3, 0.4) is 0 Å². The molecule has 0 spiro atoms. The van der Waals surface area contributed by atoms with Gasteiger partial charge in [0.25, 0.3) is 0 Å². The number of aliphatic hydroxyl groups excluding tert-OH is 1. The number of rotatable bonds is 5.